The van der Waals surface area contributed by atoms with Crippen LogP contribution in [-0.2, 0) is 30.8 Å². The number of carboxylic acids is 1. The summed E-state index contributed by atoms with van der Waals surface area (Å²) in [6, 6.07) is 13.3. The van der Waals surface area contributed by atoms with Crippen LogP contribution in [0.5, 0.6) is 0 Å². The van der Waals surface area contributed by atoms with E-state index in [4.69, 9.17) is 4.74 Å². The molecule has 1 amide bonds. The number of sulfonamides is 1. The van der Waals surface area contributed by atoms with Crippen molar-refractivity contribution in [1.82, 2.24) is 0 Å². The van der Waals surface area contributed by atoms with E-state index in [0.29, 0.717) is 24.3 Å². The second kappa shape index (κ2) is 7.21. The Bertz CT molecular complexity index is 1190. The van der Waals surface area contributed by atoms with Crippen LogP contribution in [-0.4, -0.2) is 44.2 Å². The number of carboxylic acid groups (broad SMARTS) is 1. The van der Waals surface area contributed by atoms with Crippen LogP contribution in [0.25, 0.3) is 0 Å². The Kier molecular flexibility index (Phi) is 4.60. The number of para-hydroxylation sites is 1. The molecule has 3 heterocycles. The molecule has 9 heteroatoms. The van der Waals surface area contributed by atoms with E-state index in [9.17, 15) is 23.1 Å². The number of amides is 1. The maximum Gasteiger partial charge on any atom is 0.310 e. The highest BCUT2D eigenvalue weighted by Gasteiger charge is 2.53. The standard InChI is InChI=1S/C22H20N2O6S/c25-21(19-17-9-10-18(30-17)20(19)22(26)27)23-14-5-7-15(8-6-14)31(28,29)24-12-11-13-3-1-2-4-16(13)24/h1-10,17-20H,11-12H2,(H,23,25)(H,26,27)/t17-,18-,19-,20+/m1/s1. The maximum absolute atomic E-state index is 13.1. The lowest BCUT2D eigenvalue weighted by Crippen LogP contribution is -2.39. The van der Waals surface area contributed by atoms with Crippen LogP contribution in [0.1, 0.15) is 5.56 Å². The van der Waals surface area contributed by atoms with Gasteiger partial charge in [0.25, 0.3) is 10.0 Å². The molecule has 3 aliphatic heterocycles. The summed E-state index contributed by atoms with van der Waals surface area (Å²) >= 11 is 0. The molecule has 2 aromatic carbocycles. The summed E-state index contributed by atoms with van der Waals surface area (Å²) in [5.74, 6) is -3.32. The number of carbonyl (C=O) groups is 2. The Morgan fingerprint density at radius 2 is 1.68 bits per heavy atom. The number of aliphatic carboxylic acids is 1. The van der Waals surface area contributed by atoms with E-state index in [1.165, 1.54) is 28.6 Å². The molecule has 160 valence electrons. The summed E-state index contributed by atoms with van der Waals surface area (Å²) in [7, 11) is -3.73. The molecule has 1 fully saturated rings. The zero-order valence-electron chi connectivity index (χ0n) is 16.3. The predicted molar refractivity (Wildman–Crippen MR) is 112 cm³/mol. The van der Waals surface area contributed by atoms with Crippen LogP contribution >= 0.6 is 0 Å². The van der Waals surface area contributed by atoms with E-state index in [0.717, 1.165) is 5.56 Å². The van der Waals surface area contributed by atoms with Gasteiger partial charge < -0.3 is 15.2 Å². The highest BCUT2D eigenvalue weighted by atomic mass is 32.2. The fraction of sp³-hybridized carbons (Fsp3) is 0.273. The van der Waals surface area contributed by atoms with Gasteiger partial charge in [-0.2, -0.15) is 0 Å². The van der Waals surface area contributed by atoms with Gasteiger partial charge in [-0.1, -0.05) is 30.4 Å². The van der Waals surface area contributed by atoms with Gasteiger partial charge in [0.05, 0.1) is 28.7 Å². The minimum Gasteiger partial charge on any atom is -0.481 e. The summed E-state index contributed by atoms with van der Waals surface area (Å²) in [6.07, 6.45) is 2.87. The molecule has 2 aromatic rings. The summed E-state index contributed by atoms with van der Waals surface area (Å²) < 4.78 is 33.1. The number of benzene rings is 2. The molecule has 2 bridgehead atoms. The minimum absolute atomic E-state index is 0.122. The number of hydrogen-bond acceptors (Lipinski definition) is 5. The maximum atomic E-state index is 13.1. The van der Waals surface area contributed by atoms with Gasteiger partial charge in [0.2, 0.25) is 5.91 Å². The summed E-state index contributed by atoms with van der Waals surface area (Å²) in [5.41, 5.74) is 2.07. The molecular weight excluding hydrogens is 420 g/mol. The van der Waals surface area contributed by atoms with Gasteiger partial charge in [0.1, 0.15) is 5.92 Å². The first-order chi connectivity index (χ1) is 14.9. The quantitative estimate of drug-likeness (QED) is 0.688. The number of carbonyl (C=O) groups excluding carboxylic acids is 1. The molecule has 4 atom stereocenters. The van der Waals surface area contributed by atoms with Crippen LogP contribution in [0, 0.1) is 11.8 Å². The molecule has 31 heavy (non-hydrogen) atoms. The molecular formula is C22H20N2O6S. The fourth-order valence-corrected chi connectivity index (χ4v) is 6.04. The zero-order valence-corrected chi connectivity index (χ0v) is 17.2. The molecule has 0 aromatic heterocycles. The van der Waals surface area contributed by atoms with Crippen molar-refractivity contribution in [2.75, 3.05) is 16.2 Å². The van der Waals surface area contributed by atoms with Crippen LogP contribution < -0.4 is 9.62 Å². The van der Waals surface area contributed by atoms with E-state index >= 15 is 0 Å². The molecule has 8 nitrogen and oxygen atoms in total. The van der Waals surface area contributed by atoms with Crippen molar-refractivity contribution < 1.29 is 27.9 Å². The molecule has 2 N–H and O–H groups in total. The van der Waals surface area contributed by atoms with Crippen LogP contribution in [0.15, 0.2) is 65.6 Å². The number of anilines is 2. The number of nitrogens with one attached hydrogen (secondary N) is 1. The fourth-order valence-electron chi connectivity index (χ4n) is 4.54. The third kappa shape index (κ3) is 3.21. The lowest BCUT2D eigenvalue weighted by atomic mass is 9.82. The minimum atomic E-state index is -3.73. The SMILES string of the molecule is O=C(O)[C@@H]1[C@H](C(=O)Nc2ccc(S(=O)(=O)N3CCc4ccccc43)cc2)[C@H]2C=C[C@H]1O2. The van der Waals surface area contributed by atoms with Gasteiger partial charge >= 0.3 is 5.97 Å². The number of rotatable bonds is 5. The normalized spacial score (nSPS) is 26.1. The first kappa shape index (κ1) is 19.8. The van der Waals surface area contributed by atoms with E-state index < -0.39 is 45.9 Å². The van der Waals surface area contributed by atoms with Crippen molar-refractivity contribution in [3.05, 3.63) is 66.2 Å². The van der Waals surface area contributed by atoms with Crippen molar-refractivity contribution in [1.29, 1.82) is 0 Å². The van der Waals surface area contributed by atoms with Crippen molar-refractivity contribution in [2.24, 2.45) is 11.8 Å². The van der Waals surface area contributed by atoms with E-state index in [1.807, 2.05) is 18.2 Å². The monoisotopic (exact) mass is 440 g/mol. The summed E-state index contributed by atoms with van der Waals surface area (Å²) in [4.78, 5) is 24.4. The van der Waals surface area contributed by atoms with Crippen LogP contribution in [0.3, 0.4) is 0 Å². The van der Waals surface area contributed by atoms with Gasteiger partial charge in [-0.3, -0.25) is 13.9 Å². The Hall–Kier alpha value is -3.17. The van der Waals surface area contributed by atoms with Crippen LogP contribution in [0.4, 0.5) is 11.4 Å². The average molecular weight is 440 g/mol. The topological polar surface area (TPSA) is 113 Å². The third-order valence-electron chi connectivity index (χ3n) is 6.04. The Morgan fingerprint density at radius 1 is 1.00 bits per heavy atom. The van der Waals surface area contributed by atoms with Crippen molar-refractivity contribution >= 4 is 33.3 Å². The highest BCUT2D eigenvalue weighted by Crippen LogP contribution is 2.40. The van der Waals surface area contributed by atoms with Gasteiger partial charge in [-0.25, -0.2) is 8.42 Å². The van der Waals surface area contributed by atoms with E-state index in [-0.39, 0.29) is 4.90 Å². The highest BCUT2D eigenvalue weighted by molar-refractivity contribution is 7.92. The number of hydrogen-bond donors (Lipinski definition) is 2. The molecule has 0 spiro atoms. The lowest BCUT2D eigenvalue weighted by molar-refractivity contribution is -0.145. The molecule has 0 saturated carbocycles. The number of ether oxygens (including phenoxy) is 1. The van der Waals surface area contributed by atoms with Gasteiger partial charge in [-0.15, -0.1) is 0 Å². The Morgan fingerprint density at radius 3 is 2.39 bits per heavy atom. The zero-order chi connectivity index (χ0) is 21.8. The largest absolute Gasteiger partial charge is 0.481 e. The van der Waals surface area contributed by atoms with Crippen LogP contribution in [0.2, 0.25) is 0 Å². The summed E-state index contributed by atoms with van der Waals surface area (Å²) in [5, 5.41) is 12.1. The first-order valence-corrected chi connectivity index (χ1v) is 11.4. The van der Waals surface area contributed by atoms with Crippen molar-refractivity contribution in [3.8, 4) is 0 Å². The van der Waals surface area contributed by atoms with Crippen molar-refractivity contribution in [2.45, 2.75) is 23.5 Å². The second-order valence-electron chi connectivity index (χ2n) is 7.81. The number of nitrogens with zero attached hydrogens (tertiary/aromatic N) is 1. The molecule has 1 saturated heterocycles. The third-order valence-corrected chi connectivity index (χ3v) is 7.87. The molecule has 3 aliphatic rings. The van der Waals surface area contributed by atoms with E-state index in [1.54, 1.807) is 18.2 Å². The lowest BCUT2D eigenvalue weighted by Gasteiger charge is -2.21. The summed E-state index contributed by atoms with van der Waals surface area (Å²) in [6.45, 7) is 0.383. The number of fused-ring (bicyclic) bond motifs is 3. The molecule has 0 unspecified atom stereocenters. The molecule has 5 rings (SSSR count). The first-order valence-electron chi connectivity index (χ1n) is 9.94. The molecule has 0 aliphatic carbocycles. The Labute approximate surface area is 179 Å². The van der Waals surface area contributed by atoms with Crippen molar-refractivity contribution in [3.63, 3.8) is 0 Å². The van der Waals surface area contributed by atoms with Gasteiger partial charge in [0, 0.05) is 12.2 Å². The molecule has 0 radical (unpaired) electrons. The van der Waals surface area contributed by atoms with Gasteiger partial charge in [0.15, 0.2) is 0 Å². The predicted octanol–water partition coefficient (Wildman–Crippen LogP) is 2.03. The smallest absolute Gasteiger partial charge is 0.310 e. The van der Waals surface area contributed by atoms with Gasteiger partial charge in [-0.05, 0) is 42.3 Å². The Balaban J connectivity index is 1.33. The second-order valence-corrected chi connectivity index (χ2v) is 9.67. The average Bonchev–Trinajstić information content (AvgIpc) is 3.48. The van der Waals surface area contributed by atoms with E-state index in [2.05, 4.69) is 5.32 Å².